The van der Waals surface area contributed by atoms with E-state index in [0.29, 0.717) is 11.5 Å². The Hall–Kier alpha value is -2.67. The van der Waals surface area contributed by atoms with Gasteiger partial charge in [0, 0.05) is 11.5 Å². The quantitative estimate of drug-likeness (QED) is 0.253. The average molecular weight is 559 g/mol. The Kier molecular flexibility index (Phi) is 10.9. The Labute approximate surface area is 238 Å². The van der Waals surface area contributed by atoms with E-state index in [1.54, 1.807) is 11.8 Å². The molecule has 0 aliphatic carbocycles. The first-order valence-corrected chi connectivity index (χ1v) is 14.6. The number of hydrogen-bond acceptors (Lipinski definition) is 7. The van der Waals surface area contributed by atoms with E-state index in [-0.39, 0.29) is 60.3 Å². The summed E-state index contributed by atoms with van der Waals surface area (Å²) in [7, 11) is 0. The summed E-state index contributed by atoms with van der Waals surface area (Å²) in [6, 6.07) is 3.91. The number of esters is 2. The summed E-state index contributed by atoms with van der Waals surface area (Å²) in [6.07, 6.45) is 0.228. The van der Waals surface area contributed by atoms with E-state index in [2.05, 4.69) is 0 Å². The lowest BCUT2D eigenvalue weighted by atomic mass is 9.82. The Balaban J connectivity index is 1.76. The van der Waals surface area contributed by atoms with Gasteiger partial charge in [0.15, 0.2) is 0 Å². The molecule has 2 N–H and O–H groups in total. The number of rotatable bonds is 10. The van der Waals surface area contributed by atoms with E-state index in [9.17, 15) is 19.8 Å². The van der Waals surface area contributed by atoms with Crippen LogP contribution in [-0.2, 0) is 42.7 Å². The van der Waals surface area contributed by atoms with Crippen LogP contribution in [0.3, 0.4) is 0 Å². The molecule has 0 atom stereocenters. The van der Waals surface area contributed by atoms with Crippen molar-refractivity contribution < 1.29 is 29.3 Å². The third kappa shape index (κ3) is 8.66. The molecule has 2 rings (SSSR count). The minimum atomic E-state index is -0.331. The fourth-order valence-electron chi connectivity index (χ4n) is 4.63. The molecule has 216 valence electrons. The first kappa shape index (κ1) is 32.5. The van der Waals surface area contributed by atoms with Crippen molar-refractivity contribution in [3.05, 3.63) is 56.6 Å². The van der Waals surface area contributed by atoms with E-state index >= 15 is 0 Å². The van der Waals surface area contributed by atoms with Gasteiger partial charge in [0.05, 0.1) is 12.8 Å². The molecule has 0 aliphatic rings. The molecule has 0 bridgehead atoms. The molecule has 0 radical (unpaired) electrons. The van der Waals surface area contributed by atoms with Gasteiger partial charge >= 0.3 is 11.9 Å². The third-order valence-corrected chi connectivity index (χ3v) is 7.95. The number of phenolic OH excluding ortho intramolecular Hbond substituents is 2. The van der Waals surface area contributed by atoms with Crippen LogP contribution in [0.15, 0.2) is 12.1 Å². The summed E-state index contributed by atoms with van der Waals surface area (Å²) in [5.41, 5.74) is 6.34. The third-order valence-electron chi connectivity index (χ3n) is 7.04. The molecule has 6 nitrogen and oxygen atoms in total. The van der Waals surface area contributed by atoms with Crippen LogP contribution in [0, 0.1) is 27.7 Å². The smallest absolute Gasteiger partial charge is 0.310 e. The second-order valence-electron chi connectivity index (χ2n) is 12.3. The van der Waals surface area contributed by atoms with Crippen LogP contribution in [0.5, 0.6) is 11.5 Å². The summed E-state index contributed by atoms with van der Waals surface area (Å²) < 4.78 is 10.8. The van der Waals surface area contributed by atoms with Crippen molar-refractivity contribution in [2.24, 2.45) is 0 Å². The lowest BCUT2D eigenvalue weighted by molar-refractivity contribution is -0.143. The molecule has 0 spiro atoms. The van der Waals surface area contributed by atoms with Crippen LogP contribution >= 0.6 is 11.8 Å². The Bertz CT molecular complexity index is 1110. The molecular formula is C32H46O6S. The molecule has 7 heteroatoms. The van der Waals surface area contributed by atoms with Crippen molar-refractivity contribution in [3.8, 4) is 11.5 Å². The number of phenols is 2. The van der Waals surface area contributed by atoms with Crippen LogP contribution in [0.2, 0.25) is 0 Å². The largest absolute Gasteiger partial charge is 0.507 e. The normalized spacial score (nSPS) is 11.9. The van der Waals surface area contributed by atoms with Crippen molar-refractivity contribution in [3.63, 3.8) is 0 Å². The summed E-state index contributed by atoms with van der Waals surface area (Å²) in [6.45, 7) is 20.4. The molecule has 0 aromatic heterocycles. The van der Waals surface area contributed by atoms with Gasteiger partial charge in [-0.05, 0) is 83.0 Å². The fourth-order valence-corrected chi connectivity index (χ4v) is 5.24. The van der Waals surface area contributed by atoms with Gasteiger partial charge in [0.2, 0.25) is 0 Å². The first-order valence-electron chi connectivity index (χ1n) is 13.5. The maximum Gasteiger partial charge on any atom is 0.310 e. The summed E-state index contributed by atoms with van der Waals surface area (Å²) in [5.74, 6) is 1.01. The van der Waals surface area contributed by atoms with Gasteiger partial charge in [-0.3, -0.25) is 9.59 Å². The summed E-state index contributed by atoms with van der Waals surface area (Å²) in [4.78, 5) is 24.8. The molecular weight excluding hydrogens is 512 g/mol. The topological polar surface area (TPSA) is 93.1 Å². The fraction of sp³-hybridized carbons (Fsp3) is 0.562. The number of thioether (sulfide) groups is 1. The van der Waals surface area contributed by atoms with Crippen LogP contribution in [0.25, 0.3) is 0 Å². The molecule has 0 unspecified atom stereocenters. The summed E-state index contributed by atoms with van der Waals surface area (Å²) in [5, 5.41) is 21.3. The average Bonchev–Trinajstić information content (AvgIpc) is 2.82. The van der Waals surface area contributed by atoms with Crippen LogP contribution in [0.1, 0.15) is 86.1 Å². The monoisotopic (exact) mass is 558 g/mol. The highest BCUT2D eigenvalue weighted by Crippen LogP contribution is 2.37. The van der Waals surface area contributed by atoms with Gasteiger partial charge in [0.1, 0.15) is 24.7 Å². The molecule has 0 fully saturated rings. The number of hydrogen-bond donors (Lipinski definition) is 2. The van der Waals surface area contributed by atoms with E-state index in [1.807, 2.05) is 81.4 Å². The van der Waals surface area contributed by atoms with E-state index in [1.165, 1.54) is 0 Å². The van der Waals surface area contributed by atoms with Crippen molar-refractivity contribution >= 4 is 23.7 Å². The maximum absolute atomic E-state index is 12.4. The molecule has 0 saturated carbocycles. The minimum Gasteiger partial charge on any atom is -0.507 e. The highest BCUT2D eigenvalue weighted by atomic mass is 32.2. The number of benzene rings is 2. The molecule has 0 aliphatic heterocycles. The Morgan fingerprint density at radius 3 is 1.33 bits per heavy atom. The lowest BCUT2D eigenvalue weighted by Crippen LogP contribution is -2.16. The van der Waals surface area contributed by atoms with E-state index in [0.717, 1.165) is 44.5 Å². The van der Waals surface area contributed by atoms with Gasteiger partial charge in [-0.2, -0.15) is 11.8 Å². The van der Waals surface area contributed by atoms with E-state index < -0.39 is 0 Å². The van der Waals surface area contributed by atoms with Crippen molar-refractivity contribution in [2.75, 3.05) is 24.7 Å². The SMILES string of the molecule is Cc1cc(C(C)(C)C)c(O)c(C)c1CC(=O)OCCSCCOC(=O)Cc1c(C)cc(C(C)(C)C)c(O)c1C. The lowest BCUT2D eigenvalue weighted by Gasteiger charge is -2.24. The number of aromatic hydroxyl groups is 2. The molecule has 2 aromatic rings. The number of aryl methyl sites for hydroxylation is 2. The van der Waals surface area contributed by atoms with Crippen molar-refractivity contribution in [2.45, 2.75) is 92.9 Å². The van der Waals surface area contributed by atoms with Gasteiger partial charge in [-0.1, -0.05) is 53.7 Å². The number of carbonyl (C=O) groups is 2. The zero-order chi connectivity index (χ0) is 29.7. The van der Waals surface area contributed by atoms with Crippen LogP contribution < -0.4 is 0 Å². The maximum atomic E-state index is 12.4. The van der Waals surface area contributed by atoms with Gasteiger partial charge in [0.25, 0.3) is 0 Å². The molecule has 0 heterocycles. The summed E-state index contributed by atoms with van der Waals surface area (Å²) >= 11 is 1.54. The van der Waals surface area contributed by atoms with Gasteiger partial charge < -0.3 is 19.7 Å². The van der Waals surface area contributed by atoms with Gasteiger partial charge in [-0.15, -0.1) is 0 Å². The molecule has 39 heavy (non-hydrogen) atoms. The first-order chi connectivity index (χ1) is 17.9. The predicted octanol–water partition coefficient (Wildman–Crippen LogP) is 6.53. The van der Waals surface area contributed by atoms with Gasteiger partial charge in [-0.25, -0.2) is 0 Å². The highest BCUT2D eigenvalue weighted by Gasteiger charge is 2.24. The van der Waals surface area contributed by atoms with Crippen LogP contribution in [0.4, 0.5) is 0 Å². The second-order valence-corrected chi connectivity index (χ2v) is 13.5. The van der Waals surface area contributed by atoms with Crippen molar-refractivity contribution in [1.82, 2.24) is 0 Å². The number of ether oxygens (including phenoxy) is 2. The second kappa shape index (κ2) is 13.1. The van der Waals surface area contributed by atoms with E-state index in [4.69, 9.17) is 9.47 Å². The Morgan fingerprint density at radius 2 is 1.03 bits per heavy atom. The zero-order valence-electron chi connectivity index (χ0n) is 25.3. The molecule has 0 amide bonds. The molecule has 0 saturated heterocycles. The highest BCUT2D eigenvalue weighted by molar-refractivity contribution is 7.99. The standard InChI is InChI=1S/C32H46O6S/c1-19-15-25(31(5,6)7)29(35)21(3)23(19)17-27(33)37-11-13-39-14-12-38-28(34)18-24-20(2)16-26(32(8,9)10)30(36)22(24)4/h15-16,35-36H,11-14,17-18H2,1-10H3. The zero-order valence-corrected chi connectivity index (χ0v) is 26.1. The van der Waals surface area contributed by atoms with Crippen LogP contribution in [-0.4, -0.2) is 46.9 Å². The molecule has 2 aromatic carbocycles. The van der Waals surface area contributed by atoms with Crippen molar-refractivity contribution in [1.29, 1.82) is 0 Å². The minimum absolute atomic E-state index is 0.114. The predicted molar refractivity (Wildman–Crippen MR) is 159 cm³/mol. The number of carbonyl (C=O) groups excluding carboxylic acids is 2. The Morgan fingerprint density at radius 1 is 0.692 bits per heavy atom.